The number of halogens is 5. The molecule has 0 saturated carbocycles. The highest BCUT2D eigenvalue weighted by molar-refractivity contribution is 14.1. The lowest BCUT2D eigenvalue weighted by Gasteiger charge is -2.08. The van der Waals surface area contributed by atoms with Gasteiger partial charge in [0.1, 0.15) is 16.9 Å². The van der Waals surface area contributed by atoms with Crippen LogP contribution in [0.5, 0.6) is 0 Å². The lowest BCUT2D eigenvalue weighted by atomic mass is 9.81. The number of benzene rings is 10. The van der Waals surface area contributed by atoms with Gasteiger partial charge in [0.05, 0.1) is 0 Å². The molecule has 0 spiro atoms. The van der Waals surface area contributed by atoms with E-state index >= 15 is 0 Å². The molecule has 2 aromatic heterocycles. The maximum atomic E-state index is 8.58. The fourth-order valence-electron chi connectivity index (χ4n) is 8.64. The summed E-state index contributed by atoms with van der Waals surface area (Å²) >= 11 is 19.2. The van der Waals surface area contributed by atoms with Gasteiger partial charge >= 0.3 is 7.12 Å². The van der Waals surface area contributed by atoms with Gasteiger partial charge in [0.25, 0.3) is 0 Å². The summed E-state index contributed by atoms with van der Waals surface area (Å²) in [6, 6.07) is 68.9. The van der Waals surface area contributed by atoms with Crippen molar-refractivity contribution in [1.29, 1.82) is 0 Å². The van der Waals surface area contributed by atoms with Gasteiger partial charge in [0, 0.05) is 70.9 Å². The van der Waals surface area contributed by atoms with Crippen LogP contribution in [0.25, 0.3) is 98.6 Å². The molecule has 10 aromatic carbocycles. The monoisotopic (exact) mass is 1260 g/mol. The number of furan rings is 2. The maximum Gasteiger partial charge on any atom is 0.488 e. The Morgan fingerprint density at radius 2 is 0.750 bits per heavy atom. The Balaban J connectivity index is 0.000000148. The molecule has 2 heterocycles. The largest absolute Gasteiger partial charge is 0.488 e. The molecule has 0 saturated heterocycles. The molecule has 4 nitrogen and oxygen atoms in total. The molecule has 2 N–H and O–H groups in total. The highest BCUT2D eigenvalue weighted by Gasteiger charge is 2.23. The summed E-state index contributed by atoms with van der Waals surface area (Å²) in [5, 5.41) is 30.1. The number of rotatable bonds is 4. The second kappa shape index (κ2) is 23.1. The van der Waals surface area contributed by atoms with Gasteiger partial charge in [-0.2, -0.15) is 0 Å². The van der Waals surface area contributed by atoms with Crippen LogP contribution in [0.2, 0.25) is 10.0 Å². The molecule has 0 atom stereocenters. The zero-order chi connectivity index (χ0) is 47.7. The Hall–Kier alpha value is -4.93. The molecule has 0 radical (unpaired) electrons. The molecule has 0 aliphatic rings. The van der Waals surface area contributed by atoms with E-state index < -0.39 is 7.12 Å². The number of hydrogen-bond acceptors (Lipinski definition) is 4. The Kier molecular flexibility index (Phi) is 16.8. The third-order valence-corrected chi connectivity index (χ3v) is 12.7. The minimum atomic E-state index is -1.34. The second-order valence-electron chi connectivity index (χ2n) is 15.3. The van der Waals surface area contributed by atoms with Crippen LogP contribution in [0.1, 0.15) is 0 Å². The van der Waals surface area contributed by atoms with Crippen LogP contribution in [-0.4, -0.2) is 27.0 Å². The van der Waals surface area contributed by atoms with Gasteiger partial charge in [0.15, 0.2) is 3.77 Å². The summed E-state index contributed by atoms with van der Waals surface area (Å²) in [4.78, 5) is 3.94. The molecule has 68 heavy (non-hydrogen) atoms. The molecule has 0 bridgehead atoms. The van der Waals surface area contributed by atoms with Crippen LogP contribution in [0, 0.1) is 3.77 Å². The first kappa shape index (κ1) is 49.5. The lowest BCUT2D eigenvalue weighted by molar-refractivity contribution is 0.426. The van der Waals surface area contributed by atoms with E-state index in [1.165, 1.54) is 32.5 Å². The summed E-state index contributed by atoms with van der Waals surface area (Å²) in [5.74, 6) is 0.893. The van der Waals surface area contributed by atoms with E-state index in [2.05, 4.69) is 189 Å². The molecule has 0 amide bonds. The summed E-state index contributed by atoms with van der Waals surface area (Å²) in [6.45, 7) is 0. The molecule has 0 aliphatic carbocycles. The van der Waals surface area contributed by atoms with Gasteiger partial charge < -0.3 is 18.9 Å². The van der Waals surface area contributed by atoms with Gasteiger partial charge in [0.2, 0.25) is 0 Å². The number of alkyl halides is 2. The van der Waals surface area contributed by atoms with Crippen LogP contribution in [0.4, 0.5) is 0 Å². The maximum absolute atomic E-state index is 8.58. The molecular weight excluding hydrogens is 1220 g/mol. The van der Waals surface area contributed by atoms with Crippen molar-refractivity contribution in [2.75, 3.05) is 9.86 Å². The van der Waals surface area contributed by atoms with Crippen molar-refractivity contribution in [1.82, 2.24) is 0 Å². The molecule has 12 aromatic rings. The third-order valence-electron chi connectivity index (χ3n) is 11.5. The predicted molar refractivity (Wildman–Crippen MR) is 318 cm³/mol. The zero-order valence-electron chi connectivity index (χ0n) is 36.8. The van der Waals surface area contributed by atoms with Gasteiger partial charge in [-0.05, 0) is 95.2 Å². The summed E-state index contributed by atoms with van der Waals surface area (Å²) < 4.78 is 13.8. The molecule has 10 heteroatoms. The summed E-state index contributed by atoms with van der Waals surface area (Å²) in [6.07, 6.45) is 0. The standard InChI is InChI=1S/C28H17ClO.C22H12ClIO.C6H7BO2.2CH3I/c29-20-15-16-23-24(17-20)21-13-7-8-14-22(21)26-25(18-9-3-1-4-10-18)27(30-28(23)26)19-11-5-2-6-12-19;23-14-10-11-17-18(12-14)15-8-4-5-9-16(15)20-19(22(24)25-21(17)20)13-6-2-1-3-7-13;8-7(9)6-4-2-1-3-5-6;2*1-2/h1-17H;1-12H;1-5,8-9H;2*1H3. The Bertz CT molecular complexity index is 3620. The van der Waals surface area contributed by atoms with Crippen LogP contribution >= 0.6 is 91.0 Å². The first-order valence-electron chi connectivity index (χ1n) is 21.5. The fraction of sp³-hybridized carbons (Fsp3) is 0.0345. The normalized spacial score (nSPS) is 10.7. The van der Waals surface area contributed by atoms with Crippen molar-refractivity contribution in [3.8, 4) is 33.6 Å². The minimum absolute atomic E-state index is 0.525. The van der Waals surface area contributed by atoms with Crippen molar-refractivity contribution < 1.29 is 18.9 Å². The highest BCUT2D eigenvalue weighted by atomic mass is 127. The first-order valence-corrected chi connectivity index (χ1v) is 27.6. The van der Waals surface area contributed by atoms with E-state index in [0.29, 0.717) is 5.46 Å². The van der Waals surface area contributed by atoms with Gasteiger partial charge in [-0.25, -0.2) is 0 Å². The van der Waals surface area contributed by atoms with E-state index in [4.69, 9.17) is 42.1 Å². The van der Waals surface area contributed by atoms with Crippen LogP contribution in [0.15, 0.2) is 215 Å². The molecule has 0 unspecified atom stereocenters. The SMILES string of the molecule is CI.CI.Clc1ccc2c(c1)c1ccccc1c1c(-c3ccccc3)c(-c3ccccc3)oc21.Clc1ccc2c(c1)c1ccccc1c1c(-c3ccccc3)c(I)oc21.OB(O)c1ccccc1. The molecule has 0 fully saturated rings. The van der Waals surface area contributed by atoms with Crippen molar-refractivity contribution in [2.24, 2.45) is 0 Å². The molecule has 0 aliphatic heterocycles. The Morgan fingerprint density at radius 1 is 0.382 bits per heavy atom. The number of hydrogen-bond donors (Lipinski definition) is 2. The van der Waals surface area contributed by atoms with E-state index in [-0.39, 0.29) is 0 Å². The predicted octanol–water partition coefficient (Wildman–Crippen LogP) is 17.9. The van der Waals surface area contributed by atoms with E-state index in [9.17, 15) is 0 Å². The molecule has 12 rings (SSSR count). The second-order valence-corrected chi connectivity index (χ2v) is 17.2. The Labute approximate surface area is 446 Å². The van der Waals surface area contributed by atoms with E-state index in [1.54, 1.807) is 24.3 Å². The van der Waals surface area contributed by atoms with Crippen molar-refractivity contribution in [2.45, 2.75) is 0 Å². The highest BCUT2D eigenvalue weighted by Crippen LogP contribution is 2.48. The first-order chi connectivity index (χ1) is 33.4. The van der Waals surface area contributed by atoms with Crippen molar-refractivity contribution in [3.05, 3.63) is 220 Å². The average molecular weight is 1270 g/mol. The van der Waals surface area contributed by atoms with Crippen LogP contribution in [-0.2, 0) is 0 Å². The van der Waals surface area contributed by atoms with Gasteiger partial charge in [-0.1, -0.05) is 238 Å². The Morgan fingerprint density at radius 3 is 1.19 bits per heavy atom. The third kappa shape index (κ3) is 10.2. The number of fused-ring (bicyclic) bond motifs is 12. The van der Waals surface area contributed by atoms with Crippen molar-refractivity contribution >= 4 is 169 Å². The fourth-order valence-corrected chi connectivity index (χ4v) is 9.78. The average Bonchev–Trinajstić information content (AvgIpc) is 3.98. The lowest BCUT2D eigenvalue weighted by Crippen LogP contribution is -2.29. The van der Waals surface area contributed by atoms with Crippen LogP contribution in [0.3, 0.4) is 0 Å². The topological polar surface area (TPSA) is 66.7 Å². The van der Waals surface area contributed by atoms with Crippen LogP contribution < -0.4 is 5.46 Å². The quantitative estimate of drug-likeness (QED) is 0.0798. The van der Waals surface area contributed by atoms with Gasteiger partial charge in [-0.3, -0.25) is 0 Å². The zero-order valence-corrected chi connectivity index (χ0v) is 44.8. The van der Waals surface area contributed by atoms with E-state index in [0.717, 1.165) is 79.9 Å². The molecule has 336 valence electrons. The van der Waals surface area contributed by atoms with Gasteiger partial charge in [-0.15, -0.1) is 0 Å². The summed E-state index contributed by atoms with van der Waals surface area (Å²) in [5.41, 5.74) is 8.02. The van der Waals surface area contributed by atoms with Crippen molar-refractivity contribution in [3.63, 3.8) is 0 Å². The van der Waals surface area contributed by atoms with E-state index in [1.807, 2.05) is 70.5 Å². The minimum Gasteiger partial charge on any atom is -0.455 e. The molecular formula is C58H42BCl2I3O4. The smallest absolute Gasteiger partial charge is 0.455 e. The summed E-state index contributed by atoms with van der Waals surface area (Å²) in [7, 11) is -1.34.